The van der Waals surface area contributed by atoms with Gasteiger partial charge in [-0.15, -0.1) is 0 Å². The fourth-order valence-corrected chi connectivity index (χ4v) is 2.30. The summed E-state index contributed by atoms with van der Waals surface area (Å²) in [6.45, 7) is 0.693. The van der Waals surface area contributed by atoms with E-state index in [9.17, 15) is 9.30 Å². The van der Waals surface area contributed by atoms with Gasteiger partial charge in [0, 0.05) is 18.3 Å². The predicted molar refractivity (Wildman–Crippen MR) is 79.4 cm³/mol. The number of benzene rings is 1. The van der Waals surface area contributed by atoms with Gasteiger partial charge >= 0.3 is 0 Å². The van der Waals surface area contributed by atoms with Crippen molar-refractivity contribution in [2.45, 2.75) is 13.0 Å². The second-order valence-electron chi connectivity index (χ2n) is 4.70. The molecule has 1 N–H and O–H groups in total. The van der Waals surface area contributed by atoms with E-state index >= 15 is 0 Å². The van der Waals surface area contributed by atoms with E-state index in [1.807, 2.05) is 6.08 Å². The Labute approximate surface area is 120 Å². The number of aromatic amines is 1. The van der Waals surface area contributed by atoms with E-state index in [0.29, 0.717) is 12.4 Å². The Morgan fingerprint density at radius 3 is 2.76 bits per heavy atom. The van der Waals surface area contributed by atoms with Gasteiger partial charge < -0.3 is 4.98 Å². The molecule has 0 atom stereocenters. The standard InChI is InChI=1S/C15H13FN4O/c16-12-3-1-10(2-4-12)14-15(11-5-7-17-8-6-11)20-13(19-14)9-18-21/h1-5,7H,6,8-9H2,(H,19,20). The van der Waals surface area contributed by atoms with E-state index in [-0.39, 0.29) is 12.4 Å². The highest BCUT2D eigenvalue weighted by Gasteiger charge is 2.16. The van der Waals surface area contributed by atoms with Gasteiger partial charge in [0.2, 0.25) is 0 Å². The van der Waals surface area contributed by atoms with Crippen LogP contribution in [0.3, 0.4) is 0 Å². The van der Waals surface area contributed by atoms with Crippen molar-refractivity contribution in [1.82, 2.24) is 9.97 Å². The van der Waals surface area contributed by atoms with Crippen LogP contribution in [-0.2, 0) is 6.54 Å². The van der Waals surface area contributed by atoms with Crippen LogP contribution in [0.15, 0.2) is 40.5 Å². The zero-order chi connectivity index (χ0) is 14.7. The Bertz CT molecular complexity index is 716. The number of hydrogen-bond donors (Lipinski definition) is 1. The molecule has 2 heterocycles. The summed E-state index contributed by atoms with van der Waals surface area (Å²) in [5.74, 6) is 0.210. The van der Waals surface area contributed by atoms with Crippen molar-refractivity contribution in [1.29, 1.82) is 0 Å². The molecule has 0 saturated heterocycles. The van der Waals surface area contributed by atoms with Crippen molar-refractivity contribution in [3.05, 3.63) is 52.6 Å². The molecule has 0 amide bonds. The highest BCUT2D eigenvalue weighted by Crippen LogP contribution is 2.29. The van der Waals surface area contributed by atoms with Gasteiger partial charge in [-0.05, 0) is 42.3 Å². The molecule has 0 radical (unpaired) electrons. The molecule has 0 bridgehead atoms. The van der Waals surface area contributed by atoms with Gasteiger partial charge in [0.05, 0.1) is 11.4 Å². The van der Waals surface area contributed by atoms with Crippen molar-refractivity contribution in [2.24, 2.45) is 10.2 Å². The van der Waals surface area contributed by atoms with Gasteiger partial charge in [-0.2, -0.15) is 4.91 Å². The van der Waals surface area contributed by atoms with Gasteiger partial charge in [-0.3, -0.25) is 4.99 Å². The summed E-state index contributed by atoms with van der Waals surface area (Å²) in [5, 5.41) is 2.86. The van der Waals surface area contributed by atoms with Crippen molar-refractivity contribution < 1.29 is 4.39 Å². The van der Waals surface area contributed by atoms with Crippen LogP contribution in [0.1, 0.15) is 17.9 Å². The molecule has 0 aliphatic carbocycles. The summed E-state index contributed by atoms with van der Waals surface area (Å²) < 4.78 is 13.1. The van der Waals surface area contributed by atoms with Gasteiger partial charge in [-0.1, -0.05) is 5.18 Å². The van der Waals surface area contributed by atoms with Crippen LogP contribution in [0, 0.1) is 10.7 Å². The van der Waals surface area contributed by atoms with E-state index in [1.165, 1.54) is 12.1 Å². The molecule has 0 saturated carbocycles. The fourth-order valence-electron chi connectivity index (χ4n) is 2.30. The molecule has 3 rings (SSSR count). The number of hydrogen-bond acceptors (Lipinski definition) is 4. The predicted octanol–water partition coefficient (Wildman–Crippen LogP) is 3.34. The Kier molecular flexibility index (Phi) is 3.68. The van der Waals surface area contributed by atoms with Gasteiger partial charge in [0.25, 0.3) is 0 Å². The average Bonchev–Trinajstić information content (AvgIpc) is 2.93. The number of rotatable bonds is 4. The number of aliphatic imine (C=N–C) groups is 1. The maximum atomic E-state index is 13.1. The third-order valence-electron chi connectivity index (χ3n) is 3.30. The fraction of sp³-hybridized carbons (Fsp3) is 0.200. The number of aromatic nitrogens is 2. The first-order valence-corrected chi connectivity index (χ1v) is 6.61. The number of H-pyrrole nitrogens is 1. The topological polar surface area (TPSA) is 70.5 Å². The summed E-state index contributed by atoms with van der Waals surface area (Å²) in [6.07, 6.45) is 4.44. The van der Waals surface area contributed by atoms with Crippen LogP contribution >= 0.6 is 0 Å². The van der Waals surface area contributed by atoms with E-state index in [1.54, 1.807) is 18.3 Å². The minimum Gasteiger partial charge on any atom is -0.340 e. The number of halogens is 1. The molecule has 106 valence electrons. The lowest BCUT2D eigenvalue weighted by atomic mass is 10.0. The van der Waals surface area contributed by atoms with Crippen LogP contribution in [0.4, 0.5) is 4.39 Å². The van der Waals surface area contributed by atoms with E-state index in [4.69, 9.17) is 0 Å². The van der Waals surface area contributed by atoms with Crippen LogP contribution in [-0.4, -0.2) is 22.7 Å². The highest BCUT2D eigenvalue weighted by molar-refractivity contribution is 5.89. The first-order valence-electron chi connectivity index (χ1n) is 6.61. The number of imidazole rings is 1. The second-order valence-corrected chi connectivity index (χ2v) is 4.70. The monoisotopic (exact) mass is 284 g/mol. The second kappa shape index (κ2) is 5.78. The largest absolute Gasteiger partial charge is 0.340 e. The lowest BCUT2D eigenvalue weighted by molar-refractivity contribution is 0.628. The summed E-state index contributed by atoms with van der Waals surface area (Å²) in [4.78, 5) is 22.2. The third-order valence-corrected chi connectivity index (χ3v) is 3.30. The molecule has 1 aliphatic heterocycles. The van der Waals surface area contributed by atoms with Crippen LogP contribution in [0.25, 0.3) is 16.8 Å². The van der Waals surface area contributed by atoms with Crippen molar-refractivity contribution in [3.8, 4) is 11.3 Å². The average molecular weight is 284 g/mol. The van der Waals surface area contributed by atoms with Crippen LogP contribution < -0.4 is 0 Å². The first kappa shape index (κ1) is 13.4. The van der Waals surface area contributed by atoms with E-state index in [2.05, 4.69) is 20.1 Å². The molecule has 6 heteroatoms. The Balaban J connectivity index is 2.08. The summed E-state index contributed by atoms with van der Waals surface area (Å²) in [5.41, 5.74) is 3.40. The smallest absolute Gasteiger partial charge is 0.139 e. The van der Waals surface area contributed by atoms with Gasteiger partial charge in [0.1, 0.15) is 18.2 Å². The van der Waals surface area contributed by atoms with Crippen LogP contribution in [0.5, 0.6) is 0 Å². The molecule has 1 aliphatic rings. The zero-order valence-corrected chi connectivity index (χ0v) is 11.2. The third kappa shape index (κ3) is 2.79. The maximum absolute atomic E-state index is 13.1. The Morgan fingerprint density at radius 2 is 2.10 bits per heavy atom. The number of allylic oxidation sites excluding steroid dienone is 1. The lowest BCUT2D eigenvalue weighted by Crippen LogP contribution is -1.97. The normalized spacial score (nSPS) is 14.0. The van der Waals surface area contributed by atoms with Crippen LogP contribution in [0.2, 0.25) is 0 Å². The quantitative estimate of drug-likeness (QED) is 0.875. The molecule has 0 spiro atoms. The number of nitroso groups, excluding NO2 is 1. The minimum absolute atomic E-state index is 0.0183. The summed E-state index contributed by atoms with van der Waals surface area (Å²) >= 11 is 0. The zero-order valence-electron chi connectivity index (χ0n) is 11.2. The Hall–Kier alpha value is -2.63. The Morgan fingerprint density at radius 1 is 1.29 bits per heavy atom. The molecular weight excluding hydrogens is 271 g/mol. The molecule has 1 aromatic carbocycles. The highest BCUT2D eigenvalue weighted by atomic mass is 19.1. The molecule has 1 aromatic heterocycles. The van der Waals surface area contributed by atoms with Crippen molar-refractivity contribution >= 4 is 11.8 Å². The molecule has 0 unspecified atom stereocenters. The molecule has 5 nitrogen and oxygen atoms in total. The number of nitrogens with one attached hydrogen (secondary N) is 1. The molecule has 0 fully saturated rings. The van der Waals surface area contributed by atoms with Gasteiger partial charge in [-0.25, -0.2) is 9.37 Å². The molecule has 2 aromatic rings. The summed E-state index contributed by atoms with van der Waals surface area (Å²) in [6, 6.07) is 6.16. The van der Waals surface area contributed by atoms with E-state index in [0.717, 1.165) is 28.9 Å². The minimum atomic E-state index is -0.293. The maximum Gasteiger partial charge on any atom is 0.139 e. The van der Waals surface area contributed by atoms with Crippen molar-refractivity contribution in [3.63, 3.8) is 0 Å². The van der Waals surface area contributed by atoms with E-state index < -0.39 is 0 Å². The number of dihydropyridines is 1. The first-order chi connectivity index (χ1) is 10.3. The molecular formula is C15H13FN4O. The van der Waals surface area contributed by atoms with Crippen molar-refractivity contribution in [2.75, 3.05) is 6.54 Å². The lowest BCUT2D eigenvalue weighted by Gasteiger charge is -2.08. The SMILES string of the molecule is O=NCc1nc(C2=CC=NCC2)c(-c2ccc(F)cc2)[nH]1. The number of nitrogens with zero attached hydrogens (tertiary/aromatic N) is 3. The van der Waals surface area contributed by atoms with Gasteiger partial charge in [0.15, 0.2) is 0 Å². The molecule has 21 heavy (non-hydrogen) atoms. The summed E-state index contributed by atoms with van der Waals surface area (Å²) in [7, 11) is 0.